The number of ether oxygens (including phenoxy) is 1. The molecule has 6 rings (SSSR count). The van der Waals surface area contributed by atoms with Crippen LogP contribution in [0.15, 0.2) is 61.1 Å². The number of rotatable bonds is 6. The Labute approximate surface area is 237 Å². The number of carbonyl (C=O) groups is 2. The Morgan fingerprint density at radius 3 is 2.55 bits per heavy atom. The molecule has 0 spiro atoms. The molecular weight excluding hydrogens is 528 g/mol. The number of hydrogen-bond donors (Lipinski definition) is 1. The maximum absolute atomic E-state index is 13.8. The molecule has 2 saturated heterocycles. The lowest BCUT2D eigenvalue weighted by Gasteiger charge is -2.38. The number of likely N-dealkylation sites (N-methyl/N-ethyl adjacent to an activating group) is 1. The topological polar surface area (TPSA) is 94.7 Å². The number of benzene rings is 2. The number of hydrogen-bond acceptors (Lipinski definition) is 7. The van der Waals surface area contributed by atoms with Crippen molar-refractivity contribution in [3.8, 4) is 11.5 Å². The summed E-state index contributed by atoms with van der Waals surface area (Å²) < 4.78 is 5.87. The van der Waals surface area contributed by atoms with E-state index in [9.17, 15) is 9.59 Å². The molecule has 1 amide bonds. The van der Waals surface area contributed by atoms with Crippen LogP contribution >= 0.6 is 11.6 Å². The maximum atomic E-state index is 13.8. The first kappa shape index (κ1) is 26.3. The Balaban J connectivity index is 1.25. The molecule has 2 aromatic carbocycles. The molecule has 0 aliphatic carbocycles. The van der Waals surface area contributed by atoms with Crippen molar-refractivity contribution < 1.29 is 14.3 Å². The van der Waals surface area contributed by atoms with Crippen LogP contribution in [0.3, 0.4) is 0 Å². The van der Waals surface area contributed by atoms with Gasteiger partial charge in [-0.2, -0.15) is 0 Å². The summed E-state index contributed by atoms with van der Waals surface area (Å²) in [7, 11) is 2.08. The molecule has 2 aliphatic heterocycles. The molecule has 1 unspecified atom stereocenters. The van der Waals surface area contributed by atoms with Gasteiger partial charge in [-0.15, -0.1) is 0 Å². The van der Waals surface area contributed by atoms with E-state index in [-0.39, 0.29) is 17.6 Å². The third-order valence-corrected chi connectivity index (χ3v) is 8.06. The zero-order valence-corrected chi connectivity index (χ0v) is 23.1. The van der Waals surface area contributed by atoms with Gasteiger partial charge in [0.25, 0.3) is 0 Å². The number of ketones is 1. The fourth-order valence-corrected chi connectivity index (χ4v) is 5.79. The van der Waals surface area contributed by atoms with Crippen LogP contribution in [0.2, 0.25) is 5.02 Å². The van der Waals surface area contributed by atoms with Crippen LogP contribution < -0.4 is 9.64 Å². The highest BCUT2D eigenvalue weighted by Crippen LogP contribution is 2.34. The number of halogens is 1. The Bertz CT molecular complexity index is 1530. The monoisotopic (exact) mass is 558 g/mol. The quantitative estimate of drug-likeness (QED) is 0.345. The highest BCUT2D eigenvalue weighted by atomic mass is 35.5. The average molecular weight is 559 g/mol. The van der Waals surface area contributed by atoms with Gasteiger partial charge in [0.15, 0.2) is 5.78 Å². The SMILES string of the molecule is CN1CCN(C(=O)C2CCCN(c3ncnc4[nH]cc(C(=O)c5ccc(Oc6ccccc6)cc5Cl)c34)C2)CC1. The molecule has 2 aromatic heterocycles. The fraction of sp³-hybridized carbons (Fsp3) is 0.333. The van der Waals surface area contributed by atoms with Gasteiger partial charge in [-0.05, 0) is 44.2 Å². The molecule has 0 radical (unpaired) electrons. The first-order valence-electron chi connectivity index (χ1n) is 13.6. The minimum atomic E-state index is -0.236. The molecule has 10 heteroatoms. The van der Waals surface area contributed by atoms with Crippen molar-refractivity contribution in [2.45, 2.75) is 12.8 Å². The molecular formula is C30H31ClN6O3. The van der Waals surface area contributed by atoms with E-state index in [2.05, 4.69) is 31.8 Å². The van der Waals surface area contributed by atoms with Crippen LogP contribution in [-0.4, -0.2) is 82.8 Å². The van der Waals surface area contributed by atoms with Gasteiger partial charge in [0.05, 0.1) is 21.9 Å². The summed E-state index contributed by atoms with van der Waals surface area (Å²) in [6, 6.07) is 14.4. The van der Waals surface area contributed by atoms with E-state index in [0.29, 0.717) is 51.0 Å². The van der Waals surface area contributed by atoms with Crippen molar-refractivity contribution in [3.05, 3.63) is 77.2 Å². The summed E-state index contributed by atoms with van der Waals surface area (Å²) in [4.78, 5) is 45.6. The molecule has 206 valence electrons. The number of carbonyl (C=O) groups excluding carboxylic acids is 2. The van der Waals surface area contributed by atoms with Crippen LogP contribution in [0.4, 0.5) is 5.82 Å². The predicted octanol–water partition coefficient (Wildman–Crippen LogP) is 4.63. The second-order valence-corrected chi connectivity index (χ2v) is 10.8. The minimum absolute atomic E-state index is 0.105. The van der Waals surface area contributed by atoms with E-state index < -0.39 is 0 Å². The molecule has 1 N–H and O–H groups in total. The number of para-hydroxylation sites is 1. The molecule has 40 heavy (non-hydrogen) atoms. The second-order valence-electron chi connectivity index (χ2n) is 10.4. The number of piperazine rings is 1. The van der Waals surface area contributed by atoms with E-state index in [1.54, 1.807) is 24.4 Å². The number of fused-ring (bicyclic) bond motifs is 1. The fourth-order valence-electron chi connectivity index (χ4n) is 5.53. The number of aromatic nitrogens is 3. The van der Waals surface area contributed by atoms with Gasteiger partial charge in [0.1, 0.15) is 29.3 Å². The summed E-state index contributed by atoms with van der Waals surface area (Å²) in [5.41, 5.74) is 1.37. The lowest BCUT2D eigenvalue weighted by atomic mass is 9.95. The highest BCUT2D eigenvalue weighted by molar-refractivity contribution is 6.35. The van der Waals surface area contributed by atoms with Crippen molar-refractivity contribution in [3.63, 3.8) is 0 Å². The normalized spacial score (nSPS) is 18.2. The summed E-state index contributed by atoms with van der Waals surface area (Å²) >= 11 is 6.59. The van der Waals surface area contributed by atoms with Gasteiger partial charge in [-0.3, -0.25) is 9.59 Å². The van der Waals surface area contributed by atoms with Gasteiger partial charge in [-0.1, -0.05) is 29.8 Å². The van der Waals surface area contributed by atoms with Crippen molar-refractivity contribution >= 4 is 40.1 Å². The molecule has 4 heterocycles. The number of anilines is 1. The number of aromatic amines is 1. The molecule has 9 nitrogen and oxygen atoms in total. The molecule has 0 saturated carbocycles. The summed E-state index contributed by atoms with van der Waals surface area (Å²) in [6.45, 7) is 4.62. The molecule has 4 aromatic rings. The summed E-state index contributed by atoms with van der Waals surface area (Å²) in [5, 5.41) is 0.933. The van der Waals surface area contributed by atoms with Gasteiger partial charge >= 0.3 is 0 Å². The Kier molecular flexibility index (Phi) is 7.40. The lowest BCUT2D eigenvalue weighted by Crippen LogP contribution is -2.51. The van der Waals surface area contributed by atoms with Crippen molar-refractivity contribution in [2.75, 3.05) is 51.2 Å². The van der Waals surface area contributed by atoms with E-state index in [0.717, 1.165) is 45.6 Å². The van der Waals surface area contributed by atoms with Gasteiger partial charge in [-0.25, -0.2) is 9.97 Å². The van der Waals surface area contributed by atoms with E-state index in [4.69, 9.17) is 16.3 Å². The van der Waals surface area contributed by atoms with Crippen LogP contribution in [-0.2, 0) is 4.79 Å². The largest absolute Gasteiger partial charge is 0.457 e. The average Bonchev–Trinajstić information content (AvgIpc) is 3.42. The van der Waals surface area contributed by atoms with E-state index in [1.165, 1.54) is 6.33 Å². The van der Waals surface area contributed by atoms with Gasteiger partial charge in [0.2, 0.25) is 5.91 Å². The molecule has 1 atom stereocenters. The number of nitrogens with one attached hydrogen (secondary N) is 1. The Morgan fingerprint density at radius 2 is 1.77 bits per heavy atom. The standard InChI is InChI=1S/C30H31ClN6O3/c1-35-12-14-36(15-13-35)30(39)20-6-5-11-37(18-20)29-26-24(17-32-28(26)33-19-34-29)27(38)23-10-9-22(16-25(23)31)40-21-7-3-2-4-8-21/h2-4,7-10,16-17,19-20H,5-6,11-15,18H2,1H3,(H,32,33,34). The van der Waals surface area contributed by atoms with Gasteiger partial charge in [0, 0.05) is 57.1 Å². The Hall–Kier alpha value is -3.95. The maximum Gasteiger partial charge on any atom is 0.227 e. The molecule has 2 aliphatic rings. The first-order chi connectivity index (χ1) is 19.5. The zero-order chi connectivity index (χ0) is 27.6. The van der Waals surface area contributed by atoms with E-state index >= 15 is 0 Å². The lowest BCUT2D eigenvalue weighted by molar-refractivity contribution is -0.137. The van der Waals surface area contributed by atoms with Crippen molar-refractivity contribution in [2.24, 2.45) is 5.92 Å². The first-order valence-corrected chi connectivity index (χ1v) is 14.0. The zero-order valence-electron chi connectivity index (χ0n) is 22.3. The third kappa shape index (κ3) is 5.26. The van der Waals surface area contributed by atoms with E-state index in [1.807, 2.05) is 35.2 Å². The highest BCUT2D eigenvalue weighted by Gasteiger charge is 2.32. The second kappa shape index (κ2) is 11.3. The van der Waals surface area contributed by atoms with Crippen LogP contribution in [0.5, 0.6) is 11.5 Å². The number of piperidine rings is 1. The minimum Gasteiger partial charge on any atom is -0.457 e. The van der Waals surface area contributed by atoms with Crippen molar-refractivity contribution in [1.82, 2.24) is 24.8 Å². The molecule has 0 bridgehead atoms. The summed E-state index contributed by atoms with van der Waals surface area (Å²) in [6.07, 6.45) is 4.88. The van der Waals surface area contributed by atoms with Crippen LogP contribution in [0, 0.1) is 5.92 Å². The number of H-pyrrole nitrogens is 1. The third-order valence-electron chi connectivity index (χ3n) is 7.74. The number of amides is 1. The molecule has 2 fully saturated rings. The number of nitrogens with zero attached hydrogens (tertiary/aromatic N) is 5. The Morgan fingerprint density at radius 1 is 0.975 bits per heavy atom. The van der Waals surface area contributed by atoms with Crippen LogP contribution in [0.1, 0.15) is 28.8 Å². The summed E-state index contributed by atoms with van der Waals surface area (Å²) in [5.74, 6) is 1.75. The predicted molar refractivity (Wildman–Crippen MR) is 154 cm³/mol. The smallest absolute Gasteiger partial charge is 0.227 e. The van der Waals surface area contributed by atoms with Crippen molar-refractivity contribution in [1.29, 1.82) is 0 Å². The van der Waals surface area contributed by atoms with Gasteiger partial charge < -0.3 is 24.4 Å². The van der Waals surface area contributed by atoms with Crippen LogP contribution in [0.25, 0.3) is 11.0 Å².